The predicted molar refractivity (Wildman–Crippen MR) is 172 cm³/mol. The number of ether oxygens (including phenoxy) is 4. The van der Waals surface area contributed by atoms with Gasteiger partial charge in [0.1, 0.15) is 10.5 Å². The number of carbonyl (C=O) groups excluding carboxylic acids is 1. The molecule has 1 aromatic heterocycles. The molecule has 2 aliphatic rings. The molecule has 0 aliphatic carbocycles. The molecule has 0 radical (unpaired) electrons. The van der Waals surface area contributed by atoms with Crippen molar-refractivity contribution in [1.29, 1.82) is 5.26 Å². The Labute approximate surface area is 264 Å². The molecular weight excluding hydrogens is 596 g/mol. The van der Waals surface area contributed by atoms with E-state index in [0.29, 0.717) is 56.4 Å². The summed E-state index contributed by atoms with van der Waals surface area (Å²) in [4.78, 5) is 30.4. The van der Waals surface area contributed by atoms with Crippen molar-refractivity contribution in [1.82, 2.24) is 20.1 Å². The van der Waals surface area contributed by atoms with E-state index in [1.54, 1.807) is 42.5 Å². The van der Waals surface area contributed by atoms with Gasteiger partial charge in [0.05, 0.1) is 56.1 Å². The molecule has 4 N–H and O–H groups in total. The van der Waals surface area contributed by atoms with E-state index in [0.717, 1.165) is 37.5 Å². The zero-order valence-corrected chi connectivity index (χ0v) is 26.5. The molecule has 1 atom stereocenters. The van der Waals surface area contributed by atoms with E-state index in [-0.39, 0.29) is 17.0 Å². The van der Waals surface area contributed by atoms with Crippen LogP contribution in [-0.4, -0.2) is 83.1 Å². The minimum Gasteiger partial charge on any atom is -0.493 e. The largest absolute Gasteiger partial charge is 0.493 e. The third-order valence-corrected chi connectivity index (χ3v) is 9.01. The Bertz CT molecular complexity index is 1850. The van der Waals surface area contributed by atoms with E-state index in [2.05, 4.69) is 21.6 Å². The molecule has 1 unspecified atom stereocenters. The molecule has 2 aliphatic heterocycles. The lowest BCUT2D eigenvalue weighted by Gasteiger charge is -2.28. The van der Waals surface area contributed by atoms with Crippen LogP contribution < -0.4 is 50.1 Å². The van der Waals surface area contributed by atoms with Crippen LogP contribution >= 0.6 is 11.3 Å². The maximum atomic E-state index is 14.2. The normalized spacial score (nSPS) is 17.0. The standard InChI is InChI=1S/C32H36N6O6S/c1-41-22-9-5-7-19(27(22)43-3)17-24-31(40)38-29(34)21(18-33)25(20-8-6-10-23(42-2)28(20)44-4)26(32(38)45-24)30(39)36-13-16-37-14-11-35-12-15-37/h5-10,17,25,35H,11-16,34H2,1-4H3,(H,36,39)/b24-17-. The number of thiazole rings is 1. The summed E-state index contributed by atoms with van der Waals surface area (Å²) in [6.07, 6.45) is 1.67. The smallest absolute Gasteiger partial charge is 0.274 e. The Morgan fingerprint density at radius 1 is 1.07 bits per heavy atom. The fourth-order valence-corrected chi connectivity index (χ4v) is 6.91. The molecule has 236 valence electrons. The summed E-state index contributed by atoms with van der Waals surface area (Å²) in [5.74, 6) is 0.330. The number of rotatable bonds is 10. The van der Waals surface area contributed by atoms with E-state index >= 15 is 0 Å². The Hall–Kier alpha value is -4.77. The number of hydrogen-bond acceptors (Lipinski definition) is 11. The van der Waals surface area contributed by atoms with Gasteiger partial charge in [-0.25, -0.2) is 0 Å². The van der Waals surface area contributed by atoms with Crippen LogP contribution in [0.25, 0.3) is 17.5 Å². The molecule has 0 bridgehead atoms. The van der Waals surface area contributed by atoms with Crippen LogP contribution in [-0.2, 0) is 4.79 Å². The molecule has 3 heterocycles. The van der Waals surface area contributed by atoms with Gasteiger partial charge in [-0.05, 0) is 18.2 Å². The number of aromatic nitrogens is 1. The first-order valence-electron chi connectivity index (χ1n) is 14.4. The Morgan fingerprint density at radius 3 is 2.38 bits per heavy atom. The van der Waals surface area contributed by atoms with Crippen LogP contribution in [0.2, 0.25) is 0 Å². The van der Waals surface area contributed by atoms with Gasteiger partial charge in [-0.1, -0.05) is 24.3 Å². The van der Waals surface area contributed by atoms with Crippen LogP contribution in [0.4, 0.5) is 0 Å². The van der Waals surface area contributed by atoms with E-state index in [9.17, 15) is 14.9 Å². The first-order chi connectivity index (χ1) is 21.9. The minimum absolute atomic E-state index is 0.0479. The van der Waals surface area contributed by atoms with Crippen molar-refractivity contribution in [2.45, 2.75) is 5.92 Å². The van der Waals surface area contributed by atoms with E-state index in [4.69, 9.17) is 24.7 Å². The molecule has 0 spiro atoms. The highest BCUT2D eigenvalue weighted by atomic mass is 32.1. The number of nitrogens with two attached hydrogens (primary N) is 1. The molecule has 3 aromatic rings. The lowest BCUT2D eigenvalue weighted by molar-refractivity contribution is -0.116. The first-order valence-corrected chi connectivity index (χ1v) is 15.2. The molecule has 45 heavy (non-hydrogen) atoms. The third-order valence-electron chi connectivity index (χ3n) is 7.90. The van der Waals surface area contributed by atoms with Crippen molar-refractivity contribution < 1.29 is 23.7 Å². The maximum Gasteiger partial charge on any atom is 0.274 e. The van der Waals surface area contributed by atoms with E-state index in [1.165, 1.54) is 33.0 Å². The SMILES string of the molecule is COc1cccc(/C=c2\sc3n(c2=O)C(N)=C(C#N)C(c2cccc(OC)c2OC)C=3C(=O)NCCN2CCNCC2)c1OC. The maximum absolute atomic E-state index is 14.2. The van der Waals surface area contributed by atoms with Crippen molar-refractivity contribution in [3.8, 4) is 29.1 Å². The van der Waals surface area contributed by atoms with Gasteiger partial charge in [0.15, 0.2) is 23.0 Å². The molecule has 1 saturated heterocycles. The van der Waals surface area contributed by atoms with E-state index in [1.807, 2.05) is 0 Å². The first kappa shape index (κ1) is 31.6. The Morgan fingerprint density at radius 2 is 1.73 bits per heavy atom. The number of allylic oxidation sites excluding steroid dienone is 1. The molecule has 1 amide bonds. The average Bonchev–Trinajstić information content (AvgIpc) is 3.39. The number of methoxy groups -OCH3 is 4. The molecule has 13 heteroatoms. The molecule has 2 aromatic carbocycles. The van der Waals surface area contributed by atoms with Gasteiger partial charge in [-0.2, -0.15) is 5.26 Å². The number of carbonyl (C=O) groups is 1. The monoisotopic (exact) mass is 632 g/mol. The van der Waals surface area contributed by atoms with Crippen LogP contribution in [0.5, 0.6) is 23.0 Å². The van der Waals surface area contributed by atoms with Gasteiger partial charge in [0.25, 0.3) is 11.5 Å². The average molecular weight is 633 g/mol. The summed E-state index contributed by atoms with van der Waals surface area (Å²) < 4.78 is 24.1. The zero-order chi connectivity index (χ0) is 32.1. The van der Waals surface area contributed by atoms with Gasteiger partial charge >= 0.3 is 0 Å². The van der Waals surface area contributed by atoms with Gasteiger partial charge in [-0.3, -0.25) is 19.1 Å². The third kappa shape index (κ3) is 6.00. The van der Waals surface area contributed by atoms with Crippen molar-refractivity contribution in [3.63, 3.8) is 0 Å². The minimum atomic E-state index is -0.934. The number of hydrogen-bond donors (Lipinski definition) is 3. The van der Waals surface area contributed by atoms with Gasteiger partial charge in [0.2, 0.25) is 0 Å². The number of amides is 1. The number of piperazine rings is 1. The summed E-state index contributed by atoms with van der Waals surface area (Å²) in [6, 6.07) is 12.8. The van der Waals surface area contributed by atoms with Crippen molar-refractivity contribution in [3.05, 3.63) is 72.6 Å². The fourth-order valence-electron chi connectivity index (χ4n) is 5.74. The second-order valence-corrected chi connectivity index (χ2v) is 11.4. The summed E-state index contributed by atoms with van der Waals surface area (Å²) in [7, 11) is 6.05. The lowest BCUT2D eigenvalue weighted by Crippen LogP contribution is -2.47. The Kier molecular flexibility index (Phi) is 9.77. The summed E-state index contributed by atoms with van der Waals surface area (Å²) in [6.45, 7) is 4.56. The van der Waals surface area contributed by atoms with Crippen molar-refractivity contribution in [2.24, 2.45) is 5.73 Å². The lowest BCUT2D eigenvalue weighted by atomic mass is 9.82. The quantitative estimate of drug-likeness (QED) is 0.286. The van der Waals surface area contributed by atoms with Gasteiger partial charge < -0.3 is 35.3 Å². The topological polar surface area (TPSA) is 153 Å². The number of benzene rings is 2. The molecular formula is C32H36N6O6S. The summed E-state index contributed by atoms with van der Waals surface area (Å²) in [5.41, 5.74) is 7.51. The zero-order valence-electron chi connectivity index (χ0n) is 25.6. The van der Waals surface area contributed by atoms with Gasteiger partial charge in [-0.15, -0.1) is 11.3 Å². The number of fused-ring (bicyclic) bond motifs is 1. The van der Waals surface area contributed by atoms with Gasteiger partial charge in [0, 0.05) is 50.4 Å². The number of nitrogens with zero attached hydrogens (tertiary/aromatic N) is 3. The molecule has 12 nitrogen and oxygen atoms in total. The van der Waals surface area contributed by atoms with Crippen molar-refractivity contribution >= 4 is 34.7 Å². The number of para-hydroxylation sites is 2. The second kappa shape index (κ2) is 13.9. The highest BCUT2D eigenvalue weighted by Crippen LogP contribution is 2.44. The molecule has 0 saturated carbocycles. The number of nitrogens with one attached hydrogen (secondary N) is 2. The predicted octanol–water partition coefficient (Wildman–Crippen LogP) is 0.393. The summed E-state index contributed by atoms with van der Waals surface area (Å²) in [5, 5.41) is 16.8. The van der Waals surface area contributed by atoms with Crippen LogP contribution in [0, 0.1) is 11.3 Å². The van der Waals surface area contributed by atoms with Crippen LogP contribution in [0.15, 0.2) is 46.8 Å². The fraction of sp³-hybridized carbons (Fsp3) is 0.344. The summed E-state index contributed by atoms with van der Waals surface area (Å²) >= 11 is 1.11. The number of nitriles is 1. The molecule has 1 fully saturated rings. The van der Waals surface area contributed by atoms with Crippen molar-refractivity contribution in [2.75, 3.05) is 67.7 Å². The highest BCUT2D eigenvalue weighted by Gasteiger charge is 2.37. The van der Waals surface area contributed by atoms with E-state index < -0.39 is 17.4 Å². The highest BCUT2D eigenvalue weighted by molar-refractivity contribution is 7.07. The Balaban J connectivity index is 1.74. The van der Waals surface area contributed by atoms with Crippen LogP contribution in [0.1, 0.15) is 17.0 Å². The molecule has 5 rings (SSSR count). The van der Waals surface area contributed by atoms with Crippen LogP contribution in [0.3, 0.4) is 0 Å². The second-order valence-electron chi connectivity index (χ2n) is 10.3.